The highest BCUT2D eigenvalue weighted by Gasteiger charge is 2.16. The monoisotopic (exact) mass is 347 g/mol. The molecule has 0 fully saturated rings. The number of aliphatic hydroxyl groups is 1. The molecular weight excluding hydrogens is 326 g/mol. The molecule has 4 heteroatoms. The fourth-order valence-electron chi connectivity index (χ4n) is 3.42. The number of carbonyl (C=O) groups excluding carboxylic acids is 1. The van der Waals surface area contributed by atoms with Crippen molar-refractivity contribution in [2.24, 2.45) is 0 Å². The van der Waals surface area contributed by atoms with Crippen molar-refractivity contribution in [3.8, 4) is 5.75 Å². The lowest BCUT2D eigenvalue weighted by Crippen LogP contribution is -2.29. The summed E-state index contributed by atoms with van der Waals surface area (Å²) in [5, 5.41) is 15.4. The van der Waals surface area contributed by atoms with E-state index in [0.717, 1.165) is 39.6 Å². The van der Waals surface area contributed by atoms with Crippen molar-refractivity contribution >= 4 is 16.7 Å². The summed E-state index contributed by atoms with van der Waals surface area (Å²) in [4.78, 5) is 12.3. The van der Waals surface area contributed by atoms with Gasteiger partial charge in [0.2, 0.25) is 5.91 Å². The van der Waals surface area contributed by atoms with E-state index in [4.69, 9.17) is 4.74 Å². The topological polar surface area (TPSA) is 58.6 Å². The van der Waals surface area contributed by atoms with E-state index in [9.17, 15) is 9.90 Å². The quantitative estimate of drug-likeness (QED) is 0.745. The number of benzene rings is 3. The lowest BCUT2D eigenvalue weighted by molar-refractivity contribution is -0.120. The predicted octanol–water partition coefficient (Wildman–Crippen LogP) is 3.17. The van der Waals surface area contributed by atoms with Gasteiger partial charge >= 0.3 is 0 Å². The number of aliphatic hydroxyl groups excluding tert-OH is 1. The highest BCUT2D eigenvalue weighted by Crippen LogP contribution is 2.28. The first-order valence-corrected chi connectivity index (χ1v) is 8.88. The average molecular weight is 347 g/mol. The number of rotatable bonds is 5. The van der Waals surface area contributed by atoms with Crippen molar-refractivity contribution in [2.75, 3.05) is 13.2 Å². The Kier molecular flexibility index (Phi) is 4.59. The minimum absolute atomic E-state index is 0.0927. The molecule has 0 spiro atoms. The first kappa shape index (κ1) is 16.6. The Morgan fingerprint density at radius 2 is 1.96 bits per heavy atom. The van der Waals surface area contributed by atoms with Crippen molar-refractivity contribution in [1.29, 1.82) is 0 Å². The highest BCUT2D eigenvalue weighted by molar-refractivity contribution is 5.90. The van der Waals surface area contributed by atoms with Gasteiger partial charge in [-0.3, -0.25) is 4.79 Å². The van der Waals surface area contributed by atoms with Crippen LogP contribution in [-0.4, -0.2) is 24.2 Å². The number of amides is 1. The van der Waals surface area contributed by atoms with E-state index in [-0.39, 0.29) is 12.5 Å². The van der Waals surface area contributed by atoms with Gasteiger partial charge in [0.25, 0.3) is 0 Å². The normalized spacial score (nSPS) is 13.9. The molecule has 132 valence electrons. The first-order chi connectivity index (χ1) is 12.7. The molecule has 0 radical (unpaired) electrons. The molecule has 1 aliphatic rings. The van der Waals surface area contributed by atoms with E-state index >= 15 is 0 Å². The summed E-state index contributed by atoms with van der Waals surface area (Å²) in [6.45, 7) is 0.889. The molecule has 1 amide bonds. The van der Waals surface area contributed by atoms with Gasteiger partial charge in [-0.15, -0.1) is 0 Å². The summed E-state index contributed by atoms with van der Waals surface area (Å²) < 4.78 is 5.48. The minimum Gasteiger partial charge on any atom is -0.493 e. The predicted molar refractivity (Wildman–Crippen MR) is 101 cm³/mol. The number of hydrogen-bond donors (Lipinski definition) is 2. The van der Waals surface area contributed by atoms with E-state index in [1.54, 1.807) is 0 Å². The molecule has 2 N–H and O–H groups in total. The van der Waals surface area contributed by atoms with Gasteiger partial charge in [0.15, 0.2) is 0 Å². The number of ether oxygens (including phenoxy) is 1. The summed E-state index contributed by atoms with van der Waals surface area (Å²) >= 11 is 0. The molecule has 26 heavy (non-hydrogen) atoms. The van der Waals surface area contributed by atoms with Crippen LogP contribution in [0, 0.1) is 0 Å². The number of hydrogen-bond acceptors (Lipinski definition) is 3. The Morgan fingerprint density at radius 1 is 1.12 bits per heavy atom. The van der Waals surface area contributed by atoms with E-state index < -0.39 is 6.10 Å². The van der Waals surface area contributed by atoms with Crippen LogP contribution in [-0.2, 0) is 17.6 Å². The van der Waals surface area contributed by atoms with E-state index in [2.05, 4.69) is 5.32 Å². The van der Waals surface area contributed by atoms with Crippen LogP contribution in [0.2, 0.25) is 0 Å². The average Bonchev–Trinajstić information content (AvgIpc) is 3.14. The summed E-state index contributed by atoms with van der Waals surface area (Å²) in [6, 6.07) is 19.7. The van der Waals surface area contributed by atoms with Crippen LogP contribution in [0.1, 0.15) is 22.8 Å². The molecule has 1 atom stereocenters. The number of nitrogens with one attached hydrogen (secondary N) is 1. The Hall–Kier alpha value is -2.85. The lowest BCUT2D eigenvalue weighted by Gasteiger charge is -2.14. The molecule has 0 saturated heterocycles. The lowest BCUT2D eigenvalue weighted by atomic mass is 10.0. The fourth-order valence-corrected chi connectivity index (χ4v) is 3.42. The van der Waals surface area contributed by atoms with Crippen molar-refractivity contribution < 1.29 is 14.6 Å². The second-order valence-corrected chi connectivity index (χ2v) is 6.60. The smallest absolute Gasteiger partial charge is 0.224 e. The standard InChI is InChI=1S/C22H21NO3/c24-20(17-8-9-21-18(12-17)10-11-26-21)14-23-22(25)13-16-6-3-5-15-4-1-2-7-19(15)16/h1-9,12,20,24H,10-11,13-14H2,(H,23,25)/t20-/m1/s1. The third-order valence-electron chi connectivity index (χ3n) is 4.82. The second-order valence-electron chi connectivity index (χ2n) is 6.60. The maximum absolute atomic E-state index is 12.3. The molecule has 0 bridgehead atoms. The van der Waals surface area contributed by atoms with Gasteiger partial charge in [-0.05, 0) is 39.6 Å². The van der Waals surface area contributed by atoms with Crippen LogP contribution in [0.5, 0.6) is 5.75 Å². The summed E-state index contributed by atoms with van der Waals surface area (Å²) in [5.41, 5.74) is 2.91. The molecule has 0 unspecified atom stereocenters. The second kappa shape index (κ2) is 7.18. The van der Waals surface area contributed by atoms with Crippen LogP contribution >= 0.6 is 0 Å². The molecule has 4 rings (SSSR count). The third kappa shape index (κ3) is 3.41. The van der Waals surface area contributed by atoms with E-state index in [0.29, 0.717) is 13.0 Å². The first-order valence-electron chi connectivity index (χ1n) is 8.88. The fraction of sp³-hybridized carbons (Fsp3) is 0.227. The minimum atomic E-state index is -0.725. The Labute approximate surface area is 152 Å². The molecular formula is C22H21NO3. The molecule has 1 aliphatic heterocycles. The number of carbonyl (C=O) groups is 1. The Balaban J connectivity index is 1.39. The van der Waals surface area contributed by atoms with Gasteiger partial charge < -0.3 is 15.2 Å². The van der Waals surface area contributed by atoms with Crippen molar-refractivity contribution in [2.45, 2.75) is 18.9 Å². The number of fused-ring (bicyclic) bond motifs is 2. The molecule has 0 saturated carbocycles. The van der Waals surface area contributed by atoms with Gasteiger partial charge in [-0.1, -0.05) is 48.5 Å². The summed E-state index contributed by atoms with van der Waals surface area (Å²) in [5.74, 6) is 0.797. The van der Waals surface area contributed by atoms with Gasteiger partial charge in [0, 0.05) is 13.0 Å². The maximum Gasteiger partial charge on any atom is 0.224 e. The third-order valence-corrected chi connectivity index (χ3v) is 4.82. The van der Waals surface area contributed by atoms with Crippen molar-refractivity contribution in [3.05, 3.63) is 77.4 Å². The molecule has 0 aromatic heterocycles. The SMILES string of the molecule is O=C(Cc1cccc2ccccc12)NC[C@@H](O)c1ccc2c(c1)CCO2. The van der Waals surface area contributed by atoms with Gasteiger partial charge in [-0.25, -0.2) is 0 Å². The largest absolute Gasteiger partial charge is 0.493 e. The molecule has 4 nitrogen and oxygen atoms in total. The van der Waals surface area contributed by atoms with E-state index in [1.807, 2.05) is 60.7 Å². The Bertz CT molecular complexity index is 946. The van der Waals surface area contributed by atoms with Crippen LogP contribution in [0.3, 0.4) is 0 Å². The van der Waals surface area contributed by atoms with Gasteiger partial charge in [0.1, 0.15) is 5.75 Å². The molecule has 3 aromatic carbocycles. The van der Waals surface area contributed by atoms with Crippen LogP contribution < -0.4 is 10.1 Å². The molecule has 3 aromatic rings. The molecule has 0 aliphatic carbocycles. The van der Waals surface area contributed by atoms with Crippen LogP contribution in [0.25, 0.3) is 10.8 Å². The maximum atomic E-state index is 12.3. The van der Waals surface area contributed by atoms with Crippen LogP contribution in [0.15, 0.2) is 60.7 Å². The zero-order valence-electron chi connectivity index (χ0n) is 14.4. The van der Waals surface area contributed by atoms with E-state index in [1.165, 1.54) is 0 Å². The summed E-state index contributed by atoms with van der Waals surface area (Å²) in [6.07, 6.45) is 0.437. The van der Waals surface area contributed by atoms with Gasteiger partial charge in [-0.2, -0.15) is 0 Å². The zero-order chi connectivity index (χ0) is 17.9. The zero-order valence-corrected chi connectivity index (χ0v) is 14.4. The summed E-state index contributed by atoms with van der Waals surface area (Å²) in [7, 11) is 0. The molecule has 1 heterocycles. The van der Waals surface area contributed by atoms with Gasteiger partial charge in [0.05, 0.1) is 19.1 Å². The van der Waals surface area contributed by atoms with Crippen molar-refractivity contribution in [3.63, 3.8) is 0 Å². The Morgan fingerprint density at radius 3 is 2.88 bits per heavy atom. The van der Waals surface area contributed by atoms with Crippen molar-refractivity contribution in [1.82, 2.24) is 5.32 Å². The highest BCUT2D eigenvalue weighted by atomic mass is 16.5. The van der Waals surface area contributed by atoms with Crippen LogP contribution in [0.4, 0.5) is 0 Å².